The largest absolute Gasteiger partial charge is 0.325 e. The van der Waals surface area contributed by atoms with Gasteiger partial charge < -0.3 is 4.98 Å². The van der Waals surface area contributed by atoms with Crippen LogP contribution < -0.4 is 11.2 Å². The second kappa shape index (κ2) is 8.32. The molecule has 8 heteroatoms. The molecule has 0 bridgehead atoms. The summed E-state index contributed by atoms with van der Waals surface area (Å²) in [6.45, 7) is 2.12. The Morgan fingerprint density at radius 3 is 2.34 bits per heavy atom. The molecule has 1 atom stereocenters. The van der Waals surface area contributed by atoms with Crippen molar-refractivity contribution < 1.29 is 0 Å². The van der Waals surface area contributed by atoms with Crippen LogP contribution in [0, 0.1) is 0 Å². The van der Waals surface area contributed by atoms with Crippen LogP contribution in [0.2, 0.25) is 0 Å². The third kappa shape index (κ3) is 4.38. The Kier molecular flexibility index (Phi) is 5.44. The Bertz CT molecular complexity index is 1190. The lowest BCUT2D eigenvalue weighted by molar-refractivity contribution is 0.827. The summed E-state index contributed by atoms with van der Waals surface area (Å²) in [5, 5.41) is 9.67. The fourth-order valence-electron chi connectivity index (χ4n) is 3.06. The average molecular weight is 405 g/mol. The van der Waals surface area contributed by atoms with Gasteiger partial charge in [-0.2, -0.15) is 0 Å². The lowest BCUT2D eigenvalue weighted by Gasteiger charge is -2.14. The van der Waals surface area contributed by atoms with Gasteiger partial charge in [-0.15, -0.1) is 10.2 Å². The number of aromatic nitrogens is 5. The topological polar surface area (TPSA) is 96.4 Å². The first kappa shape index (κ1) is 18.9. The average Bonchev–Trinajstić information content (AvgIpc) is 3.10. The van der Waals surface area contributed by atoms with E-state index in [1.807, 2.05) is 53.1 Å². The van der Waals surface area contributed by atoms with Crippen LogP contribution in [0.25, 0.3) is 5.69 Å². The normalized spacial score (nSPS) is 12.0. The molecule has 0 saturated heterocycles. The van der Waals surface area contributed by atoms with E-state index in [0.29, 0.717) is 11.5 Å². The maximum atomic E-state index is 11.6. The molecule has 0 aliphatic carbocycles. The molecule has 2 N–H and O–H groups in total. The van der Waals surface area contributed by atoms with E-state index >= 15 is 0 Å². The van der Waals surface area contributed by atoms with E-state index in [-0.39, 0.29) is 11.7 Å². The first-order valence-electron chi connectivity index (χ1n) is 9.14. The van der Waals surface area contributed by atoms with Crippen molar-refractivity contribution in [1.29, 1.82) is 0 Å². The molecule has 0 amide bonds. The maximum Gasteiger partial charge on any atom is 0.325 e. The first-order chi connectivity index (χ1) is 14.1. The standard InChI is InChI=1S/C21H19N5O2S/c1-14(15-8-4-2-5-9-15)29-21-25-24-18(26(21)17-10-6-3-7-11-17)12-16-13-19(27)23-20(28)22-16/h2-11,13-14H,12H2,1H3,(H2,22,23,27,28). The number of nitrogens with one attached hydrogen (secondary N) is 2. The van der Waals surface area contributed by atoms with E-state index in [1.54, 1.807) is 11.8 Å². The van der Waals surface area contributed by atoms with Gasteiger partial charge in [0, 0.05) is 29.1 Å². The smallest absolute Gasteiger partial charge is 0.311 e. The van der Waals surface area contributed by atoms with E-state index in [4.69, 9.17) is 0 Å². The summed E-state index contributed by atoms with van der Waals surface area (Å²) in [6.07, 6.45) is 0.279. The van der Waals surface area contributed by atoms with E-state index in [9.17, 15) is 9.59 Å². The second-order valence-electron chi connectivity index (χ2n) is 6.53. The van der Waals surface area contributed by atoms with Crippen LogP contribution in [0.1, 0.15) is 29.3 Å². The predicted octanol–water partition coefficient (Wildman–Crippen LogP) is 3.09. The van der Waals surface area contributed by atoms with Gasteiger partial charge in [0.2, 0.25) is 0 Å². The number of para-hydroxylation sites is 1. The zero-order chi connectivity index (χ0) is 20.2. The van der Waals surface area contributed by atoms with Gasteiger partial charge in [0.1, 0.15) is 5.82 Å². The number of thioether (sulfide) groups is 1. The Balaban J connectivity index is 1.72. The van der Waals surface area contributed by atoms with Crippen molar-refractivity contribution >= 4 is 11.8 Å². The number of rotatable bonds is 6. The summed E-state index contributed by atoms with van der Waals surface area (Å²) in [4.78, 5) is 28.1. The van der Waals surface area contributed by atoms with Crippen LogP contribution in [0.3, 0.4) is 0 Å². The third-order valence-corrected chi connectivity index (χ3v) is 5.53. The van der Waals surface area contributed by atoms with Gasteiger partial charge in [0.15, 0.2) is 5.16 Å². The third-order valence-electron chi connectivity index (χ3n) is 4.43. The van der Waals surface area contributed by atoms with Gasteiger partial charge in [-0.25, -0.2) is 4.79 Å². The number of H-pyrrole nitrogens is 2. The zero-order valence-electron chi connectivity index (χ0n) is 15.7. The highest BCUT2D eigenvalue weighted by molar-refractivity contribution is 7.99. The molecule has 29 heavy (non-hydrogen) atoms. The molecule has 2 heterocycles. The Labute approximate surface area is 170 Å². The summed E-state index contributed by atoms with van der Waals surface area (Å²) in [6, 6.07) is 21.4. The zero-order valence-corrected chi connectivity index (χ0v) is 16.5. The Morgan fingerprint density at radius 1 is 0.966 bits per heavy atom. The summed E-state index contributed by atoms with van der Waals surface area (Å²) in [7, 11) is 0. The molecule has 7 nitrogen and oxygen atoms in total. The van der Waals surface area contributed by atoms with Crippen LogP contribution in [0.5, 0.6) is 0 Å². The second-order valence-corrected chi connectivity index (χ2v) is 7.84. The number of hydrogen-bond donors (Lipinski definition) is 2. The highest BCUT2D eigenvalue weighted by atomic mass is 32.2. The van der Waals surface area contributed by atoms with Crippen molar-refractivity contribution in [2.45, 2.75) is 23.8 Å². The highest BCUT2D eigenvalue weighted by Gasteiger charge is 2.18. The van der Waals surface area contributed by atoms with Gasteiger partial charge in [0.25, 0.3) is 5.56 Å². The summed E-state index contributed by atoms with van der Waals surface area (Å²) in [5.74, 6) is 0.639. The van der Waals surface area contributed by atoms with Gasteiger partial charge in [0.05, 0.1) is 0 Å². The minimum Gasteiger partial charge on any atom is -0.311 e. The highest BCUT2D eigenvalue weighted by Crippen LogP contribution is 2.35. The summed E-state index contributed by atoms with van der Waals surface area (Å²) < 4.78 is 1.96. The molecule has 0 aliphatic rings. The number of nitrogens with zero attached hydrogens (tertiary/aromatic N) is 3. The molecule has 2 aromatic heterocycles. The van der Waals surface area contributed by atoms with Gasteiger partial charge >= 0.3 is 5.69 Å². The molecule has 0 fully saturated rings. The van der Waals surface area contributed by atoms with E-state index in [0.717, 1.165) is 10.8 Å². The molecule has 4 rings (SSSR count). The fourth-order valence-corrected chi connectivity index (χ4v) is 4.08. The number of benzene rings is 2. The Morgan fingerprint density at radius 2 is 1.66 bits per heavy atom. The van der Waals surface area contributed by atoms with Crippen molar-refractivity contribution in [2.75, 3.05) is 0 Å². The number of hydrogen-bond acceptors (Lipinski definition) is 5. The van der Waals surface area contributed by atoms with Crippen molar-refractivity contribution in [3.63, 3.8) is 0 Å². The van der Waals surface area contributed by atoms with Crippen LogP contribution in [-0.4, -0.2) is 24.7 Å². The van der Waals surface area contributed by atoms with E-state index in [2.05, 4.69) is 39.2 Å². The van der Waals surface area contributed by atoms with Crippen LogP contribution >= 0.6 is 11.8 Å². The molecule has 2 aromatic carbocycles. The quantitative estimate of drug-likeness (QED) is 0.481. The lowest BCUT2D eigenvalue weighted by atomic mass is 10.2. The van der Waals surface area contributed by atoms with E-state index < -0.39 is 11.2 Å². The minimum absolute atomic E-state index is 0.176. The van der Waals surface area contributed by atoms with Crippen molar-refractivity contribution in [2.24, 2.45) is 0 Å². The monoisotopic (exact) mass is 405 g/mol. The molecule has 0 saturated carbocycles. The molecule has 146 valence electrons. The van der Waals surface area contributed by atoms with Gasteiger partial charge in [-0.1, -0.05) is 60.3 Å². The van der Waals surface area contributed by atoms with Crippen LogP contribution in [0.4, 0.5) is 0 Å². The van der Waals surface area contributed by atoms with Gasteiger partial charge in [-0.3, -0.25) is 14.3 Å². The maximum absolute atomic E-state index is 11.6. The summed E-state index contributed by atoms with van der Waals surface area (Å²) >= 11 is 1.61. The molecule has 0 aliphatic heterocycles. The molecule has 4 aromatic rings. The fraction of sp³-hybridized carbons (Fsp3) is 0.143. The molecule has 0 spiro atoms. The SMILES string of the molecule is CC(Sc1nnc(Cc2cc(=O)[nH]c(=O)[nH]2)n1-c1ccccc1)c1ccccc1. The van der Waals surface area contributed by atoms with Crippen molar-refractivity contribution in [3.8, 4) is 5.69 Å². The molecular formula is C21H19N5O2S. The van der Waals surface area contributed by atoms with Crippen LogP contribution in [0.15, 0.2) is 81.5 Å². The van der Waals surface area contributed by atoms with Gasteiger partial charge in [-0.05, 0) is 24.6 Å². The molecule has 0 radical (unpaired) electrons. The first-order valence-corrected chi connectivity index (χ1v) is 10.0. The molecule has 1 unspecified atom stereocenters. The Hall–Kier alpha value is -3.39. The summed E-state index contributed by atoms with van der Waals surface area (Å²) in [5.41, 5.74) is 1.62. The van der Waals surface area contributed by atoms with Crippen molar-refractivity contribution in [3.05, 3.63) is 105 Å². The number of aromatic amines is 2. The predicted molar refractivity (Wildman–Crippen MR) is 113 cm³/mol. The lowest BCUT2D eigenvalue weighted by Crippen LogP contribution is -2.23. The minimum atomic E-state index is -0.537. The van der Waals surface area contributed by atoms with E-state index in [1.165, 1.54) is 11.6 Å². The molecular weight excluding hydrogens is 386 g/mol. The van der Waals surface area contributed by atoms with Crippen molar-refractivity contribution in [1.82, 2.24) is 24.7 Å². The van der Waals surface area contributed by atoms with Crippen LogP contribution in [-0.2, 0) is 6.42 Å².